The molecule has 0 unspecified atom stereocenters. The van der Waals surface area contributed by atoms with Crippen LogP contribution >= 0.6 is 0 Å². The van der Waals surface area contributed by atoms with Crippen molar-refractivity contribution in [3.63, 3.8) is 0 Å². The minimum atomic E-state index is -1.64. The summed E-state index contributed by atoms with van der Waals surface area (Å²) in [5.41, 5.74) is 13.4. The highest BCUT2D eigenvalue weighted by Gasteiger charge is 2.56. The topological polar surface area (TPSA) is 201 Å². The number of azide groups is 1. The number of methoxy groups -OCH3 is 1. The maximum absolute atomic E-state index is 14.6. The molecular formula is C61H57N3O14. The summed E-state index contributed by atoms with van der Waals surface area (Å²) in [6, 6.07) is 58.4. The van der Waals surface area contributed by atoms with Gasteiger partial charge in [-0.1, -0.05) is 151 Å². The largest absolute Gasteiger partial charge is 0.497 e. The van der Waals surface area contributed by atoms with Crippen molar-refractivity contribution in [1.29, 1.82) is 0 Å². The first-order chi connectivity index (χ1) is 38.3. The zero-order valence-corrected chi connectivity index (χ0v) is 42.5. The standard InChI is InChI=1S/C61H57N3O14/c1-68-47-32-34-48(35-33-47)73-61-56(77-59(67)46-30-18-7-19-31-46)55(76-58(66)45-28-16-6-17-29-45)53(50(75-61)40-72-57(65)44-26-14-5-15-27-44)78-60-54(71-38-43-24-12-4-13-25-43)51(63-64-62)52(70-37-42-22-10-3-11-23-42)49(74-60)39-69-36-41-20-8-2-9-21-41/h2-35,49-56,60-61H,36-40H2,1H3/t49-,50-,51+,52+,53+,54-,55+,56-,60-,61-/m1/s1. The van der Waals surface area contributed by atoms with Gasteiger partial charge in [-0.25, -0.2) is 14.4 Å². The van der Waals surface area contributed by atoms with Crippen molar-refractivity contribution in [2.75, 3.05) is 20.3 Å². The van der Waals surface area contributed by atoms with Crippen LogP contribution in [0.2, 0.25) is 0 Å². The molecule has 2 aliphatic rings. The van der Waals surface area contributed by atoms with Crippen molar-refractivity contribution in [2.24, 2.45) is 5.11 Å². The summed E-state index contributed by atoms with van der Waals surface area (Å²) >= 11 is 0. The zero-order valence-electron chi connectivity index (χ0n) is 42.5. The summed E-state index contributed by atoms with van der Waals surface area (Å²) in [6.07, 6.45) is -12.6. The van der Waals surface area contributed by atoms with Crippen molar-refractivity contribution < 1.29 is 66.5 Å². The van der Waals surface area contributed by atoms with Gasteiger partial charge in [-0.3, -0.25) is 0 Å². The Morgan fingerprint density at radius 3 is 1.42 bits per heavy atom. The van der Waals surface area contributed by atoms with E-state index in [1.54, 1.807) is 115 Å². The summed E-state index contributed by atoms with van der Waals surface area (Å²) in [4.78, 5) is 46.1. The Morgan fingerprint density at radius 1 is 0.474 bits per heavy atom. The molecule has 17 heteroatoms. The van der Waals surface area contributed by atoms with E-state index in [9.17, 15) is 19.9 Å². The van der Waals surface area contributed by atoms with Gasteiger partial charge in [-0.2, -0.15) is 0 Å². The van der Waals surface area contributed by atoms with Gasteiger partial charge < -0.3 is 52.1 Å². The lowest BCUT2D eigenvalue weighted by Gasteiger charge is -2.49. The van der Waals surface area contributed by atoms with Gasteiger partial charge in [-0.15, -0.1) is 0 Å². The van der Waals surface area contributed by atoms with E-state index < -0.39 is 85.9 Å². The number of benzene rings is 7. The first-order valence-corrected chi connectivity index (χ1v) is 25.3. The summed E-state index contributed by atoms with van der Waals surface area (Å²) < 4.78 is 71.5. The molecule has 10 atom stereocenters. The van der Waals surface area contributed by atoms with Crippen LogP contribution < -0.4 is 9.47 Å². The van der Waals surface area contributed by atoms with Gasteiger partial charge in [0.25, 0.3) is 0 Å². The van der Waals surface area contributed by atoms with Crippen LogP contribution in [0.1, 0.15) is 47.8 Å². The predicted octanol–water partition coefficient (Wildman–Crippen LogP) is 10.3. The van der Waals surface area contributed by atoms with Crippen molar-refractivity contribution in [3.8, 4) is 11.5 Å². The van der Waals surface area contributed by atoms with E-state index in [-0.39, 0.29) is 48.9 Å². The van der Waals surface area contributed by atoms with Crippen LogP contribution in [0.3, 0.4) is 0 Å². The van der Waals surface area contributed by atoms with E-state index >= 15 is 0 Å². The van der Waals surface area contributed by atoms with E-state index in [0.717, 1.165) is 16.7 Å². The quantitative estimate of drug-likeness (QED) is 0.0192. The lowest BCUT2D eigenvalue weighted by atomic mass is 9.94. The first-order valence-electron chi connectivity index (χ1n) is 25.3. The van der Waals surface area contributed by atoms with Gasteiger partial charge in [0, 0.05) is 4.91 Å². The fourth-order valence-corrected chi connectivity index (χ4v) is 8.94. The van der Waals surface area contributed by atoms with Gasteiger partial charge in [0.2, 0.25) is 12.4 Å². The number of nitrogens with zero attached hydrogens (tertiary/aromatic N) is 3. The van der Waals surface area contributed by atoms with E-state index in [0.29, 0.717) is 5.75 Å². The van der Waals surface area contributed by atoms with Crippen LogP contribution in [-0.2, 0) is 62.5 Å². The molecule has 78 heavy (non-hydrogen) atoms. The highest BCUT2D eigenvalue weighted by atomic mass is 16.8. The molecule has 0 aromatic heterocycles. The first kappa shape index (κ1) is 54.4. The highest BCUT2D eigenvalue weighted by molar-refractivity contribution is 5.91. The monoisotopic (exact) mass is 1060 g/mol. The Labute approximate surface area is 451 Å². The SMILES string of the molecule is COc1ccc(O[C@@H]2O[C@H](COC(=O)c3ccccc3)[C@H](O[C@H]3O[C@H](COCc4ccccc4)[C@H](OCc4ccccc4)[C@H](N=[N+]=[N-])[C@H]3OCc3ccccc3)[C@H](OC(=O)c3ccccc3)[C@H]2OC(=O)c2ccccc2)cc1. The lowest BCUT2D eigenvalue weighted by molar-refractivity contribution is -0.348. The molecule has 400 valence electrons. The van der Waals surface area contributed by atoms with Crippen LogP contribution in [0.25, 0.3) is 10.4 Å². The van der Waals surface area contributed by atoms with Gasteiger partial charge in [-0.05, 0) is 82.9 Å². The van der Waals surface area contributed by atoms with Crippen LogP contribution in [0.4, 0.5) is 0 Å². The van der Waals surface area contributed by atoms with Crippen LogP contribution in [0, 0.1) is 0 Å². The van der Waals surface area contributed by atoms with E-state index in [2.05, 4.69) is 10.0 Å². The molecule has 0 saturated carbocycles. The number of rotatable bonds is 23. The third-order valence-corrected chi connectivity index (χ3v) is 12.9. The molecule has 0 aliphatic carbocycles. The number of ether oxygens (including phenoxy) is 11. The van der Waals surface area contributed by atoms with Crippen LogP contribution in [0.15, 0.2) is 211 Å². The Balaban J connectivity index is 1.16. The van der Waals surface area contributed by atoms with Crippen molar-refractivity contribution in [1.82, 2.24) is 0 Å². The third kappa shape index (κ3) is 14.5. The maximum Gasteiger partial charge on any atom is 0.338 e. The van der Waals surface area contributed by atoms with Crippen molar-refractivity contribution >= 4 is 17.9 Å². The molecule has 2 aliphatic heterocycles. The number of carbonyl (C=O) groups excluding carboxylic acids is 3. The molecule has 2 heterocycles. The Bertz CT molecular complexity index is 3010. The molecule has 17 nitrogen and oxygen atoms in total. The van der Waals surface area contributed by atoms with Crippen LogP contribution in [0.5, 0.6) is 11.5 Å². The third-order valence-electron chi connectivity index (χ3n) is 12.9. The zero-order chi connectivity index (χ0) is 53.9. The van der Waals surface area contributed by atoms with Gasteiger partial charge >= 0.3 is 17.9 Å². The van der Waals surface area contributed by atoms with Gasteiger partial charge in [0.05, 0.1) is 62.4 Å². The average Bonchev–Trinajstić information content (AvgIpc) is 3.53. The summed E-state index contributed by atoms with van der Waals surface area (Å²) in [7, 11) is 1.52. The summed E-state index contributed by atoms with van der Waals surface area (Å²) in [6.45, 7) is -0.380. The average molecular weight is 1060 g/mol. The lowest BCUT2D eigenvalue weighted by Crippen LogP contribution is -2.66. The van der Waals surface area contributed by atoms with Gasteiger partial charge in [0.15, 0.2) is 12.4 Å². The number of esters is 3. The van der Waals surface area contributed by atoms with Crippen molar-refractivity contribution in [3.05, 3.63) is 250 Å². The number of hydrogen-bond acceptors (Lipinski definition) is 15. The molecule has 9 rings (SSSR count). The molecule has 0 spiro atoms. The summed E-state index contributed by atoms with van der Waals surface area (Å²) in [5, 5.41) is 4.34. The minimum Gasteiger partial charge on any atom is -0.497 e. The van der Waals surface area contributed by atoms with E-state index in [1.807, 2.05) is 91.0 Å². The molecule has 0 N–H and O–H groups in total. The molecular weight excluding hydrogens is 999 g/mol. The molecule has 2 saturated heterocycles. The Morgan fingerprint density at radius 2 is 0.910 bits per heavy atom. The second-order valence-corrected chi connectivity index (χ2v) is 18.1. The Hall–Kier alpha value is -8.38. The maximum atomic E-state index is 14.6. The Kier molecular flexibility index (Phi) is 19.3. The van der Waals surface area contributed by atoms with Gasteiger partial charge in [0.1, 0.15) is 42.5 Å². The predicted molar refractivity (Wildman–Crippen MR) is 283 cm³/mol. The molecule has 0 radical (unpaired) electrons. The smallest absolute Gasteiger partial charge is 0.338 e. The molecule has 0 bridgehead atoms. The number of hydrogen-bond donors (Lipinski definition) is 0. The highest BCUT2D eigenvalue weighted by Crippen LogP contribution is 2.37. The number of carbonyl (C=O) groups is 3. The molecule has 2 fully saturated rings. The van der Waals surface area contributed by atoms with E-state index in [4.69, 9.17) is 52.1 Å². The van der Waals surface area contributed by atoms with Crippen molar-refractivity contribution in [2.45, 2.75) is 81.2 Å². The minimum absolute atomic E-state index is 0.0203. The van der Waals surface area contributed by atoms with E-state index in [1.165, 1.54) is 7.11 Å². The van der Waals surface area contributed by atoms with Crippen LogP contribution in [-0.4, -0.2) is 99.6 Å². The summed E-state index contributed by atoms with van der Waals surface area (Å²) in [5.74, 6) is -1.60. The fourth-order valence-electron chi connectivity index (χ4n) is 8.94. The molecule has 7 aromatic rings. The molecule has 0 amide bonds. The molecule has 7 aromatic carbocycles. The normalized spacial score (nSPS) is 22.7. The second kappa shape index (κ2) is 27.6. The fraction of sp³-hybridized carbons (Fsp3) is 0.262. The second-order valence-electron chi connectivity index (χ2n) is 18.1.